The fraction of sp³-hybridized carbons (Fsp3) is 0.533. The van der Waals surface area contributed by atoms with Crippen LogP contribution in [0, 0.1) is 5.92 Å². The van der Waals surface area contributed by atoms with Crippen molar-refractivity contribution < 1.29 is 4.79 Å². The smallest absolute Gasteiger partial charge is 0.155 e. The molecule has 1 aromatic rings. The standard InChI is InChI=1S/C15H21NO/c1-12(2)11-15(17)14-9-6-10-16(14)13-7-4-3-5-8-13/h3-5,7-8,12,14H,6,9-11H2,1-2H3. The zero-order valence-corrected chi connectivity index (χ0v) is 10.7. The predicted octanol–water partition coefficient (Wildman–Crippen LogP) is 3.27. The lowest BCUT2D eigenvalue weighted by Gasteiger charge is -2.26. The number of hydrogen-bond donors (Lipinski definition) is 0. The fourth-order valence-electron chi connectivity index (χ4n) is 2.57. The number of nitrogens with zero attached hydrogens (tertiary/aromatic N) is 1. The summed E-state index contributed by atoms with van der Waals surface area (Å²) in [6, 6.07) is 10.4. The number of hydrogen-bond acceptors (Lipinski definition) is 2. The molecular formula is C15H21NO. The summed E-state index contributed by atoms with van der Waals surface area (Å²) < 4.78 is 0. The molecule has 1 aliphatic heterocycles. The van der Waals surface area contributed by atoms with E-state index in [9.17, 15) is 4.79 Å². The molecule has 2 heteroatoms. The summed E-state index contributed by atoms with van der Waals surface area (Å²) in [5.74, 6) is 0.863. The van der Waals surface area contributed by atoms with Crippen molar-refractivity contribution in [2.24, 2.45) is 5.92 Å². The number of ketones is 1. The maximum absolute atomic E-state index is 12.2. The van der Waals surface area contributed by atoms with Crippen LogP contribution in [0.3, 0.4) is 0 Å². The van der Waals surface area contributed by atoms with Crippen LogP contribution in [0.2, 0.25) is 0 Å². The van der Waals surface area contributed by atoms with Gasteiger partial charge in [0.2, 0.25) is 0 Å². The van der Waals surface area contributed by atoms with Crippen molar-refractivity contribution in [3.63, 3.8) is 0 Å². The quantitative estimate of drug-likeness (QED) is 0.792. The monoisotopic (exact) mass is 231 g/mol. The van der Waals surface area contributed by atoms with Crippen molar-refractivity contribution in [3.8, 4) is 0 Å². The third kappa shape index (κ3) is 2.87. The molecule has 1 aliphatic rings. The molecule has 0 amide bonds. The van der Waals surface area contributed by atoms with E-state index in [1.54, 1.807) is 0 Å². The van der Waals surface area contributed by atoms with Gasteiger partial charge in [0.25, 0.3) is 0 Å². The lowest BCUT2D eigenvalue weighted by molar-refractivity contribution is -0.120. The Morgan fingerprint density at radius 3 is 2.71 bits per heavy atom. The molecule has 1 atom stereocenters. The first-order valence-corrected chi connectivity index (χ1v) is 6.53. The van der Waals surface area contributed by atoms with Crippen molar-refractivity contribution in [1.29, 1.82) is 0 Å². The molecule has 92 valence electrons. The summed E-state index contributed by atoms with van der Waals surface area (Å²) in [6.45, 7) is 5.23. The number of rotatable bonds is 4. The van der Waals surface area contributed by atoms with E-state index in [-0.39, 0.29) is 6.04 Å². The minimum atomic E-state index is 0.111. The summed E-state index contributed by atoms with van der Waals surface area (Å²) in [5, 5.41) is 0. The molecular weight excluding hydrogens is 210 g/mol. The van der Waals surface area contributed by atoms with Gasteiger partial charge in [0.1, 0.15) is 0 Å². The number of para-hydroxylation sites is 1. The van der Waals surface area contributed by atoms with E-state index in [2.05, 4.69) is 30.9 Å². The Morgan fingerprint density at radius 2 is 2.06 bits per heavy atom. The van der Waals surface area contributed by atoms with E-state index in [1.807, 2.05) is 18.2 Å². The van der Waals surface area contributed by atoms with E-state index >= 15 is 0 Å². The van der Waals surface area contributed by atoms with Gasteiger partial charge in [-0.2, -0.15) is 0 Å². The Hall–Kier alpha value is -1.31. The van der Waals surface area contributed by atoms with Gasteiger partial charge in [-0.15, -0.1) is 0 Å². The van der Waals surface area contributed by atoms with Gasteiger partial charge in [0.05, 0.1) is 6.04 Å². The number of benzene rings is 1. The molecule has 0 spiro atoms. The van der Waals surface area contributed by atoms with Crippen LogP contribution in [0.25, 0.3) is 0 Å². The van der Waals surface area contributed by atoms with Crippen LogP contribution in [0.5, 0.6) is 0 Å². The Balaban J connectivity index is 2.10. The van der Waals surface area contributed by atoms with Crippen LogP contribution in [-0.4, -0.2) is 18.4 Å². The molecule has 1 heterocycles. The Morgan fingerprint density at radius 1 is 1.35 bits per heavy atom. The highest BCUT2D eigenvalue weighted by Gasteiger charge is 2.30. The second kappa shape index (κ2) is 5.35. The number of Topliss-reactive ketones (excluding diaryl/α,β-unsaturated/α-hetero) is 1. The van der Waals surface area contributed by atoms with Gasteiger partial charge >= 0.3 is 0 Å². The minimum absolute atomic E-state index is 0.111. The molecule has 0 saturated carbocycles. The molecule has 1 aromatic carbocycles. The molecule has 0 aromatic heterocycles. The van der Waals surface area contributed by atoms with Gasteiger partial charge < -0.3 is 4.90 Å². The lowest BCUT2D eigenvalue weighted by Crippen LogP contribution is -2.36. The topological polar surface area (TPSA) is 20.3 Å². The zero-order chi connectivity index (χ0) is 12.3. The van der Waals surface area contributed by atoms with Crippen molar-refractivity contribution in [3.05, 3.63) is 30.3 Å². The highest BCUT2D eigenvalue weighted by molar-refractivity contribution is 5.88. The molecule has 0 N–H and O–H groups in total. The molecule has 2 nitrogen and oxygen atoms in total. The third-order valence-corrected chi connectivity index (χ3v) is 3.32. The summed E-state index contributed by atoms with van der Waals surface area (Å²) >= 11 is 0. The first kappa shape index (κ1) is 12.2. The van der Waals surface area contributed by atoms with Gasteiger partial charge in [0.15, 0.2) is 5.78 Å². The zero-order valence-electron chi connectivity index (χ0n) is 10.7. The average molecular weight is 231 g/mol. The SMILES string of the molecule is CC(C)CC(=O)C1CCCN1c1ccccc1. The normalized spacial score (nSPS) is 19.9. The maximum atomic E-state index is 12.2. The molecule has 1 fully saturated rings. The fourth-order valence-corrected chi connectivity index (χ4v) is 2.57. The Labute approximate surface area is 104 Å². The first-order chi connectivity index (χ1) is 8.18. The summed E-state index contributed by atoms with van der Waals surface area (Å²) in [7, 11) is 0. The molecule has 1 saturated heterocycles. The van der Waals surface area contributed by atoms with Gasteiger partial charge in [-0.3, -0.25) is 4.79 Å². The Bertz CT molecular complexity index is 372. The van der Waals surface area contributed by atoms with Gasteiger partial charge in [-0.05, 0) is 30.9 Å². The molecule has 0 radical (unpaired) electrons. The molecule has 0 bridgehead atoms. The van der Waals surface area contributed by atoms with Gasteiger partial charge in [-0.1, -0.05) is 32.0 Å². The highest BCUT2D eigenvalue weighted by atomic mass is 16.1. The lowest BCUT2D eigenvalue weighted by atomic mass is 10.00. The van der Waals surface area contributed by atoms with E-state index in [4.69, 9.17) is 0 Å². The minimum Gasteiger partial charge on any atom is -0.361 e. The van der Waals surface area contributed by atoms with Gasteiger partial charge in [0, 0.05) is 18.7 Å². The third-order valence-electron chi connectivity index (χ3n) is 3.32. The van der Waals surface area contributed by atoms with Crippen LogP contribution in [0.1, 0.15) is 33.1 Å². The van der Waals surface area contributed by atoms with E-state index in [1.165, 1.54) is 5.69 Å². The van der Waals surface area contributed by atoms with Crippen LogP contribution in [0.4, 0.5) is 5.69 Å². The van der Waals surface area contributed by atoms with Crippen molar-refractivity contribution in [2.75, 3.05) is 11.4 Å². The number of anilines is 1. The van der Waals surface area contributed by atoms with Crippen LogP contribution in [-0.2, 0) is 4.79 Å². The van der Waals surface area contributed by atoms with Gasteiger partial charge in [-0.25, -0.2) is 0 Å². The summed E-state index contributed by atoms with van der Waals surface area (Å²) in [5.41, 5.74) is 1.19. The second-order valence-electron chi connectivity index (χ2n) is 5.25. The Kier molecular flexibility index (Phi) is 3.82. The van der Waals surface area contributed by atoms with E-state index in [0.717, 1.165) is 19.4 Å². The predicted molar refractivity (Wildman–Crippen MR) is 71.3 cm³/mol. The second-order valence-corrected chi connectivity index (χ2v) is 5.25. The summed E-state index contributed by atoms with van der Waals surface area (Å²) in [6.07, 6.45) is 2.85. The number of carbonyl (C=O) groups is 1. The summed E-state index contributed by atoms with van der Waals surface area (Å²) in [4.78, 5) is 14.5. The molecule has 0 aliphatic carbocycles. The number of carbonyl (C=O) groups excluding carboxylic acids is 1. The largest absolute Gasteiger partial charge is 0.361 e. The first-order valence-electron chi connectivity index (χ1n) is 6.53. The molecule has 2 rings (SSSR count). The van der Waals surface area contributed by atoms with Crippen molar-refractivity contribution >= 4 is 11.5 Å². The van der Waals surface area contributed by atoms with Crippen molar-refractivity contribution in [1.82, 2.24) is 0 Å². The van der Waals surface area contributed by atoms with E-state index < -0.39 is 0 Å². The molecule has 17 heavy (non-hydrogen) atoms. The van der Waals surface area contributed by atoms with Crippen LogP contribution in [0.15, 0.2) is 30.3 Å². The van der Waals surface area contributed by atoms with Crippen molar-refractivity contribution in [2.45, 2.75) is 39.2 Å². The van der Waals surface area contributed by atoms with Crippen LogP contribution < -0.4 is 4.90 Å². The van der Waals surface area contributed by atoms with Crippen LogP contribution >= 0.6 is 0 Å². The van der Waals surface area contributed by atoms with E-state index in [0.29, 0.717) is 18.1 Å². The average Bonchev–Trinajstić information content (AvgIpc) is 2.78. The maximum Gasteiger partial charge on any atom is 0.155 e. The molecule has 1 unspecified atom stereocenters. The highest BCUT2D eigenvalue weighted by Crippen LogP contribution is 2.27.